The Balaban J connectivity index is 1.59. The molecule has 0 amide bonds. The van der Waals surface area contributed by atoms with Crippen molar-refractivity contribution < 1.29 is 14.2 Å². The van der Waals surface area contributed by atoms with Crippen LogP contribution in [-0.4, -0.2) is 30.1 Å². The molecule has 0 saturated carbocycles. The second-order valence-corrected chi connectivity index (χ2v) is 11.9. The first-order valence-electron chi connectivity index (χ1n) is 13.7. The standard InChI is InChI=1S/C34H31ClIN3O4/c1-20(2)25-17-26(21(3)14-30(25)41-4)33-38-29-13-9-7-11-24(29)34(40)39(33)37-18-22-15-28(36)32(31(16-22)42-5)43-19-23-10-6-8-12-27(23)35/h6-18,20H,19H2,1-5H3. The van der Waals surface area contributed by atoms with E-state index in [4.69, 9.17) is 30.8 Å². The zero-order valence-corrected chi connectivity index (χ0v) is 27.4. The number of para-hydroxylation sites is 1. The number of aromatic nitrogens is 2. The maximum atomic E-state index is 13.8. The monoisotopic (exact) mass is 707 g/mol. The van der Waals surface area contributed by atoms with Crippen LogP contribution in [0.3, 0.4) is 0 Å². The van der Waals surface area contributed by atoms with Gasteiger partial charge in [-0.05, 0) is 94.6 Å². The molecule has 43 heavy (non-hydrogen) atoms. The number of halogens is 2. The topological polar surface area (TPSA) is 74.9 Å². The Bertz CT molecular complexity index is 1900. The van der Waals surface area contributed by atoms with Crippen molar-refractivity contribution in [1.29, 1.82) is 0 Å². The van der Waals surface area contributed by atoms with Crippen LogP contribution >= 0.6 is 34.2 Å². The molecule has 7 nitrogen and oxygen atoms in total. The molecule has 5 rings (SSSR count). The zero-order valence-electron chi connectivity index (χ0n) is 24.5. The van der Waals surface area contributed by atoms with Crippen LogP contribution in [0.5, 0.6) is 17.2 Å². The highest BCUT2D eigenvalue weighted by molar-refractivity contribution is 14.1. The Hall–Kier alpha value is -3.89. The molecule has 0 unspecified atom stereocenters. The van der Waals surface area contributed by atoms with E-state index in [1.807, 2.05) is 73.7 Å². The summed E-state index contributed by atoms with van der Waals surface area (Å²) >= 11 is 8.52. The molecule has 9 heteroatoms. The van der Waals surface area contributed by atoms with E-state index in [0.717, 1.165) is 37.1 Å². The fourth-order valence-electron chi connectivity index (χ4n) is 4.82. The molecule has 0 fully saturated rings. The number of rotatable bonds is 9. The lowest BCUT2D eigenvalue weighted by Crippen LogP contribution is -2.21. The molecular formula is C34H31ClIN3O4. The number of fused-ring (bicyclic) bond motifs is 1. The van der Waals surface area contributed by atoms with Gasteiger partial charge in [0, 0.05) is 16.1 Å². The highest BCUT2D eigenvalue weighted by Crippen LogP contribution is 2.36. The largest absolute Gasteiger partial charge is 0.496 e. The first kappa shape index (κ1) is 30.6. The van der Waals surface area contributed by atoms with E-state index in [1.54, 1.807) is 26.5 Å². The van der Waals surface area contributed by atoms with Gasteiger partial charge in [0.1, 0.15) is 12.4 Å². The minimum atomic E-state index is -0.264. The summed E-state index contributed by atoms with van der Waals surface area (Å²) in [6.07, 6.45) is 1.63. The summed E-state index contributed by atoms with van der Waals surface area (Å²) in [5.74, 6) is 2.58. The first-order chi connectivity index (χ1) is 20.7. The molecule has 1 heterocycles. The average molecular weight is 708 g/mol. The maximum Gasteiger partial charge on any atom is 0.282 e. The maximum absolute atomic E-state index is 13.8. The van der Waals surface area contributed by atoms with Gasteiger partial charge in [-0.3, -0.25) is 4.79 Å². The normalized spacial score (nSPS) is 11.4. The highest BCUT2D eigenvalue weighted by Gasteiger charge is 2.19. The molecule has 0 aliphatic heterocycles. The third-order valence-corrected chi connectivity index (χ3v) is 8.27. The Kier molecular flexibility index (Phi) is 9.37. The minimum Gasteiger partial charge on any atom is -0.496 e. The van der Waals surface area contributed by atoms with Crippen molar-refractivity contribution in [2.75, 3.05) is 14.2 Å². The van der Waals surface area contributed by atoms with Gasteiger partial charge in [0.05, 0.1) is 34.9 Å². The summed E-state index contributed by atoms with van der Waals surface area (Å²) in [6.45, 7) is 6.48. The van der Waals surface area contributed by atoms with Crippen LogP contribution in [0.15, 0.2) is 82.7 Å². The van der Waals surface area contributed by atoms with Crippen molar-refractivity contribution in [1.82, 2.24) is 9.66 Å². The summed E-state index contributed by atoms with van der Waals surface area (Å²) in [6, 6.07) is 22.6. The Labute approximate surface area is 269 Å². The van der Waals surface area contributed by atoms with Crippen molar-refractivity contribution in [3.63, 3.8) is 0 Å². The summed E-state index contributed by atoms with van der Waals surface area (Å²) in [7, 11) is 3.25. The van der Waals surface area contributed by atoms with Crippen molar-refractivity contribution in [2.45, 2.75) is 33.3 Å². The van der Waals surface area contributed by atoms with Gasteiger partial charge in [-0.1, -0.05) is 55.8 Å². The Morgan fingerprint density at radius 2 is 1.72 bits per heavy atom. The van der Waals surface area contributed by atoms with Crippen molar-refractivity contribution in [3.8, 4) is 28.6 Å². The number of hydrogen-bond acceptors (Lipinski definition) is 6. The molecule has 0 radical (unpaired) electrons. The zero-order chi connectivity index (χ0) is 30.7. The third kappa shape index (κ3) is 6.40. The van der Waals surface area contributed by atoms with E-state index in [-0.39, 0.29) is 11.5 Å². The second-order valence-electron chi connectivity index (χ2n) is 10.3. The number of hydrogen-bond donors (Lipinski definition) is 0. The van der Waals surface area contributed by atoms with Gasteiger partial charge in [-0.2, -0.15) is 9.78 Å². The molecule has 0 bridgehead atoms. The van der Waals surface area contributed by atoms with Crippen molar-refractivity contribution >= 4 is 51.3 Å². The molecular weight excluding hydrogens is 677 g/mol. The Morgan fingerprint density at radius 1 is 1.00 bits per heavy atom. The lowest BCUT2D eigenvalue weighted by atomic mass is 9.96. The molecule has 5 aromatic rings. The van der Waals surface area contributed by atoms with Crippen LogP contribution in [0.25, 0.3) is 22.3 Å². The second kappa shape index (κ2) is 13.2. The highest BCUT2D eigenvalue weighted by atomic mass is 127. The lowest BCUT2D eigenvalue weighted by molar-refractivity contribution is 0.282. The summed E-state index contributed by atoms with van der Waals surface area (Å²) < 4.78 is 19.6. The van der Waals surface area contributed by atoms with Crippen LogP contribution in [-0.2, 0) is 6.61 Å². The molecule has 0 spiro atoms. The number of aryl methyl sites for hydroxylation is 1. The van der Waals surface area contributed by atoms with Crippen molar-refractivity contribution in [3.05, 3.63) is 114 Å². The predicted molar refractivity (Wildman–Crippen MR) is 181 cm³/mol. The van der Waals surface area contributed by atoms with Crippen LogP contribution in [0, 0.1) is 10.5 Å². The molecule has 0 saturated heterocycles. The van der Waals surface area contributed by atoms with Gasteiger partial charge in [0.15, 0.2) is 17.3 Å². The van der Waals surface area contributed by atoms with Gasteiger partial charge in [-0.25, -0.2) is 4.98 Å². The van der Waals surface area contributed by atoms with Crippen LogP contribution < -0.4 is 19.8 Å². The van der Waals surface area contributed by atoms with Crippen LogP contribution in [0.2, 0.25) is 5.02 Å². The van der Waals surface area contributed by atoms with Gasteiger partial charge in [0.2, 0.25) is 0 Å². The molecule has 4 aromatic carbocycles. The van der Waals surface area contributed by atoms with E-state index < -0.39 is 0 Å². The van der Waals surface area contributed by atoms with E-state index >= 15 is 0 Å². The van der Waals surface area contributed by atoms with E-state index in [0.29, 0.717) is 39.9 Å². The van der Waals surface area contributed by atoms with Gasteiger partial charge in [-0.15, -0.1) is 0 Å². The first-order valence-corrected chi connectivity index (χ1v) is 15.2. The molecule has 0 atom stereocenters. The molecule has 0 aliphatic rings. The van der Waals surface area contributed by atoms with Crippen LogP contribution in [0.4, 0.5) is 0 Å². The third-order valence-electron chi connectivity index (χ3n) is 7.10. The van der Waals surface area contributed by atoms with E-state index in [1.165, 1.54) is 4.68 Å². The molecule has 0 aliphatic carbocycles. The fourth-order valence-corrected chi connectivity index (χ4v) is 5.79. The number of benzene rings is 4. The summed E-state index contributed by atoms with van der Waals surface area (Å²) in [4.78, 5) is 18.7. The minimum absolute atomic E-state index is 0.201. The van der Waals surface area contributed by atoms with Crippen LogP contribution in [0.1, 0.15) is 42.0 Å². The molecule has 1 aromatic heterocycles. The lowest BCUT2D eigenvalue weighted by Gasteiger charge is -2.17. The summed E-state index contributed by atoms with van der Waals surface area (Å²) in [5, 5.41) is 5.80. The fraction of sp³-hybridized carbons (Fsp3) is 0.206. The Morgan fingerprint density at radius 3 is 2.44 bits per heavy atom. The average Bonchev–Trinajstić information content (AvgIpc) is 3.00. The molecule has 220 valence electrons. The van der Waals surface area contributed by atoms with E-state index in [9.17, 15) is 4.79 Å². The number of ether oxygens (including phenoxy) is 3. The molecule has 0 N–H and O–H groups in total. The predicted octanol–water partition coefficient (Wildman–Crippen LogP) is 8.23. The van der Waals surface area contributed by atoms with E-state index in [2.05, 4.69) is 41.5 Å². The van der Waals surface area contributed by atoms with Gasteiger partial charge in [0.25, 0.3) is 5.56 Å². The quantitative estimate of drug-likeness (QED) is 0.114. The van der Waals surface area contributed by atoms with Gasteiger partial charge < -0.3 is 14.2 Å². The van der Waals surface area contributed by atoms with Crippen molar-refractivity contribution in [2.24, 2.45) is 5.10 Å². The van der Waals surface area contributed by atoms with Gasteiger partial charge >= 0.3 is 0 Å². The summed E-state index contributed by atoms with van der Waals surface area (Å²) in [5.41, 5.74) is 4.69. The SMILES string of the molecule is COc1cc(C)c(-c2nc3ccccc3c(=O)n2N=Cc2cc(I)c(OCc3ccccc3Cl)c(OC)c2)cc1C(C)C. The smallest absolute Gasteiger partial charge is 0.282 e. The number of nitrogens with zero attached hydrogens (tertiary/aromatic N) is 3. The number of methoxy groups -OCH3 is 2.